The highest BCUT2D eigenvalue weighted by atomic mass is 16.6. The molecule has 1 aromatic heterocycles. The number of aromatic nitrogens is 2. The smallest absolute Gasteiger partial charge is 0.330 e. The van der Waals surface area contributed by atoms with Crippen molar-refractivity contribution in [3.8, 4) is 0 Å². The van der Waals surface area contributed by atoms with Gasteiger partial charge in [0, 0.05) is 18.2 Å². The first-order chi connectivity index (χ1) is 11.1. The lowest BCUT2D eigenvalue weighted by molar-refractivity contribution is -0.0525. The van der Waals surface area contributed by atoms with E-state index >= 15 is 0 Å². The molecule has 3 atom stereocenters. The lowest BCUT2D eigenvalue weighted by atomic mass is 10.1. The molecular formula is C17H20N2O4. The van der Waals surface area contributed by atoms with Gasteiger partial charge < -0.3 is 9.47 Å². The number of hydrogen-bond acceptors (Lipinski definition) is 4. The topological polar surface area (TPSA) is 73.3 Å². The summed E-state index contributed by atoms with van der Waals surface area (Å²) >= 11 is 0. The number of hydrogen-bond donors (Lipinski definition) is 1. The maximum Gasteiger partial charge on any atom is 0.330 e. The molecular weight excluding hydrogens is 296 g/mol. The van der Waals surface area contributed by atoms with E-state index in [1.54, 1.807) is 0 Å². The van der Waals surface area contributed by atoms with Crippen LogP contribution in [0.4, 0.5) is 0 Å². The molecule has 1 fully saturated rings. The highest BCUT2D eigenvalue weighted by molar-refractivity contribution is 5.13. The summed E-state index contributed by atoms with van der Waals surface area (Å²) in [7, 11) is 0. The van der Waals surface area contributed by atoms with E-state index in [4.69, 9.17) is 9.47 Å². The van der Waals surface area contributed by atoms with Crippen LogP contribution in [-0.2, 0) is 16.1 Å². The van der Waals surface area contributed by atoms with Crippen LogP contribution in [0.15, 0.2) is 52.2 Å². The average Bonchev–Trinajstić information content (AvgIpc) is 2.89. The molecule has 0 aliphatic carbocycles. The lowest BCUT2D eigenvalue weighted by Crippen LogP contribution is -2.33. The van der Waals surface area contributed by atoms with E-state index in [0.29, 0.717) is 13.2 Å². The van der Waals surface area contributed by atoms with Gasteiger partial charge in [-0.15, -0.1) is 0 Å². The molecule has 1 saturated heterocycles. The van der Waals surface area contributed by atoms with Gasteiger partial charge in [-0.3, -0.25) is 14.3 Å². The minimum Gasteiger partial charge on any atom is -0.374 e. The minimum absolute atomic E-state index is 0.0578. The van der Waals surface area contributed by atoms with E-state index in [1.807, 2.05) is 37.3 Å². The van der Waals surface area contributed by atoms with E-state index in [0.717, 1.165) is 12.0 Å². The van der Waals surface area contributed by atoms with Crippen molar-refractivity contribution >= 4 is 0 Å². The molecule has 122 valence electrons. The quantitative estimate of drug-likeness (QED) is 0.911. The van der Waals surface area contributed by atoms with Crippen molar-refractivity contribution in [3.05, 3.63) is 69.0 Å². The number of nitrogens with zero attached hydrogens (tertiary/aromatic N) is 1. The molecule has 23 heavy (non-hydrogen) atoms. The molecule has 0 spiro atoms. The fraction of sp³-hybridized carbons (Fsp3) is 0.412. The Labute approximate surface area is 133 Å². The van der Waals surface area contributed by atoms with Gasteiger partial charge in [0.15, 0.2) is 0 Å². The van der Waals surface area contributed by atoms with Crippen molar-refractivity contribution in [2.75, 3.05) is 6.61 Å². The van der Waals surface area contributed by atoms with Gasteiger partial charge in [-0.2, -0.15) is 0 Å². The Hall–Kier alpha value is -2.18. The van der Waals surface area contributed by atoms with Crippen LogP contribution in [0.5, 0.6) is 0 Å². The number of H-pyrrole nitrogens is 1. The van der Waals surface area contributed by atoms with Crippen molar-refractivity contribution in [3.63, 3.8) is 0 Å². The molecule has 2 aromatic rings. The molecule has 0 amide bonds. The highest BCUT2D eigenvalue weighted by Gasteiger charge is 2.34. The summed E-state index contributed by atoms with van der Waals surface area (Å²) in [6, 6.07) is 11.3. The van der Waals surface area contributed by atoms with Crippen LogP contribution < -0.4 is 11.2 Å². The van der Waals surface area contributed by atoms with E-state index in [9.17, 15) is 9.59 Å². The van der Waals surface area contributed by atoms with Crippen LogP contribution in [0, 0.1) is 5.92 Å². The van der Waals surface area contributed by atoms with Crippen molar-refractivity contribution in [2.24, 2.45) is 5.92 Å². The van der Waals surface area contributed by atoms with Gasteiger partial charge in [-0.05, 0) is 12.0 Å². The third-order valence-corrected chi connectivity index (χ3v) is 3.99. The molecule has 1 N–H and O–H groups in total. The third kappa shape index (κ3) is 3.78. The first-order valence-electron chi connectivity index (χ1n) is 7.72. The Morgan fingerprint density at radius 1 is 1.26 bits per heavy atom. The molecule has 1 unspecified atom stereocenters. The molecule has 0 radical (unpaired) electrons. The number of benzene rings is 1. The standard InChI is InChI=1S/C17H20N2O4/c1-12-9-14(11-22-10-13-5-3-2-4-6-13)23-16(12)19-8-7-15(20)18-17(19)21/h2-8,12,14,16H,9-11H2,1H3,(H,18,20,21)/t12?,14-,16+/m0/s1. The Morgan fingerprint density at radius 3 is 2.78 bits per heavy atom. The summed E-state index contributed by atoms with van der Waals surface area (Å²) in [5, 5.41) is 0. The average molecular weight is 316 g/mol. The van der Waals surface area contributed by atoms with Crippen LogP contribution in [0.3, 0.4) is 0 Å². The molecule has 0 bridgehead atoms. The molecule has 2 heterocycles. The van der Waals surface area contributed by atoms with Gasteiger partial charge in [0.1, 0.15) is 6.23 Å². The Bertz CT molecular complexity index is 753. The fourth-order valence-electron chi connectivity index (χ4n) is 2.88. The Kier molecular flexibility index (Phi) is 4.73. The number of nitrogens with one attached hydrogen (secondary N) is 1. The zero-order valence-corrected chi connectivity index (χ0v) is 13.0. The predicted molar refractivity (Wildman–Crippen MR) is 85.1 cm³/mol. The zero-order valence-electron chi connectivity index (χ0n) is 13.0. The number of rotatable bonds is 5. The van der Waals surface area contributed by atoms with Gasteiger partial charge in [0.25, 0.3) is 5.56 Å². The zero-order chi connectivity index (χ0) is 16.2. The van der Waals surface area contributed by atoms with Crippen LogP contribution in [0.2, 0.25) is 0 Å². The SMILES string of the molecule is CC1C[C@@H](COCc2ccccc2)O[C@H]1n1ccc(=O)[nH]c1=O. The van der Waals surface area contributed by atoms with E-state index in [-0.39, 0.29) is 18.2 Å². The van der Waals surface area contributed by atoms with Crippen molar-refractivity contribution in [2.45, 2.75) is 32.3 Å². The highest BCUT2D eigenvalue weighted by Crippen LogP contribution is 2.33. The molecule has 3 rings (SSSR count). The Balaban J connectivity index is 1.58. The molecule has 0 saturated carbocycles. The lowest BCUT2D eigenvalue weighted by Gasteiger charge is -2.17. The van der Waals surface area contributed by atoms with Gasteiger partial charge in [-0.25, -0.2) is 4.79 Å². The second-order valence-electron chi connectivity index (χ2n) is 5.88. The minimum atomic E-state index is -0.444. The van der Waals surface area contributed by atoms with Crippen LogP contribution in [-0.4, -0.2) is 22.3 Å². The second kappa shape index (κ2) is 6.93. The van der Waals surface area contributed by atoms with Gasteiger partial charge in [0.05, 0.1) is 19.3 Å². The molecule has 1 aromatic carbocycles. The predicted octanol–water partition coefficient (Wildman–Crippen LogP) is 1.68. The van der Waals surface area contributed by atoms with Crippen molar-refractivity contribution in [1.82, 2.24) is 9.55 Å². The summed E-state index contributed by atoms with van der Waals surface area (Å²) in [5.74, 6) is 0.170. The van der Waals surface area contributed by atoms with Crippen LogP contribution in [0.25, 0.3) is 0 Å². The van der Waals surface area contributed by atoms with Gasteiger partial charge >= 0.3 is 5.69 Å². The summed E-state index contributed by atoms with van der Waals surface area (Å²) in [6.45, 7) is 3.05. The maximum absolute atomic E-state index is 11.9. The second-order valence-corrected chi connectivity index (χ2v) is 5.88. The van der Waals surface area contributed by atoms with Gasteiger partial charge in [0.2, 0.25) is 0 Å². The summed E-state index contributed by atoms with van der Waals surface area (Å²) in [6.07, 6.45) is 1.86. The largest absolute Gasteiger partial charge is 0.374 e. The van der Waals surface area contributed by atoms with Crippen molar-refractivity contribution < 1.29 is 9.47 Å². The molecule has 1 aliphatic rings. The van der Waals surface area contributed by atoms with E-state index in [2.05, 4.69) is 4.98 Å². The van der Waals surface area contributed by atoms with Gasteiger partial charge in [-0.1, -0.05) is 37.3 Å². The van der Waals surface area contributed by atoms with E-state index in [1.165, 1.54) is 16.8 Å². The normalized spacial score (nSPS) is 24.0. The summed E-state index contributed by atoms with van der Waals surface area (Å²) < 4.78 is 13.1. The molecule has 6 heteroatoms. The number of ether oxygens (including phenoxy) is 2. The molecule has 6 nitrogen and oxygen atoms in total. The van der Waals surface area contributed by atoms with Crippen molar-refractivity contribution in [1.29, 1.82) is 0 Å². The van der Waals surface area contributed by atoms with E-state index < -0.39 is 11.2 Å². The summed E-state index contributed by atoms with van der Waals surface area (Å²) in [5.41, 5.74) is 0.270. The van der Waals surface area contributed by atoms with Crippen LogP contribution in [0.1, 0.15) is 25.1 Å². The fourth-order valence-corrected chi connectivity index (χ4v) is 2.88. The maximum atomic E-state index is 11.9. The van der Waals surface area contributed by atoms with Crippen LogP contribution >= 0.6 is 0 Å². The summed E-state index contributed by atoms with van der Waals surface area (Å²) in [4.78, 5) is 25.3. The number of aromatic amines is 1. The Morgan fingerprint density at radius 2 is 2.04 bits per heavy atom. The monoisotopic (exact) mass is 316 g/mol. The first-order valence-corrected chi connectivity index (χ1v) is 7.72. The third-order valence-electron chi connectivity index (χ3n) is 3.99. The first kappa shape index (κ1) is 15.7. The molecule has 1 aliphatic heterocycles.